The van der Waals surface area contributed by atoms with E-state index in [1.54, 1.807) is 12.4 Å². The lowest BCUT2D eigenvalue weighted by atomic mass is 10.2. The van der Waals surface area contributed by atoms with Crippen LogP contribution in [0.5, 0.6) is 0 Å². The van der Waals surface area contributed by atoms with Crippen molar-refractivity contribution < 1.29 is 4.74 Å². The number of morpholine rings is 1. The van der Waals surface area contributed by atoms with Crippen LogP contribution in [0.25, 0.3) is 11.2 Å². The van der Waals surface area contributed by atoms with E-state index < -0.39 is 0 Å². The van der Waals surface area contributed by atoms with Gasteiger partial charge in [0.2, 0.25) is 0 Å². The van der Waals surface area contributed by atoms with E-state index in [2.05, 4.69) is 63.3 Å². The summed E-state index contributed by atoms with van der Waals surface area (Å²) in [5, 5.41) is 3.32. The summed E-state index contributed by atoms with van der Waals surface area (Å²) in [5.74, 6) is 0.759. The third-order valence-corrected chi connectivity index (χ3v) is 4.26. The van der Waals surface area contributed by atoms with E-state index in [0.29, 0.717) is 5.65 Å². The van der Waals surface area contributed by atoms with Crippen molar-refractivity contribution in [3.05, 3.63) is 48.8 Å². The summed E-state index contributed by atoms with van der Waals surface area (Å²) >= 11 is 0. The van der Waals surface area contributed by atoms with Crippen LogP contribution in [0.2, 0.25) is 0 Å². The van der Waals surface area contributed by atoms with Gasteiger partial charge < -0.3 is 15.0 Å². The molecule has 0 bridgehead atoms. The summed E-state index contributed by atoms with van der Waals surface area (Å²) in [6, 6.07) is 12.2. The summed E-state index contributed by atoms with van der Waals surface area (Å²) in [4.78, 5) is 15.3. The smallest absolute Gasteiger partial charge is 0.180 e. The average Bonchev–Trinajstić information content (AvgIpc) is 2.61. The number of nitrogens with one attached hydrogen (secondary N) is 1. The molecule has 0 saturated carbocycles. The normalized spacial score (nSPS) is 20.6. The molecule has 2 atom stereocenters. The molecule has 1 aromatic carbocycles. The van der Waals surface area contributed by atoms with Crippen molar-refractivity contribution in [1.82, 2.24) is 15.0 Å². The van der Waals surface area contributed by atoms with E-state index in [9.17, 15) is 0 Å². The van der Waals surface area contributed by atoms with Crippen LogP contribution in [0.3, 0.4) is 0 Å². The Kier molecular flexibility index (Phi) is 4.19. The molecular formula is C19H21N5O. The highest BCUT2D eigenvalue weighted by Gasteiger charge is 2.22. The molecule has 2 unspecified atom stereocenters. The first-order valence-corrected chi connectivity index (χ1v) is 8.52. The summed E-state index contributed by atoms with van der Waals surface area (Å²) in [6.45, 7) is 6.07. The monoisotopic (exact) mass is 335 g/mol. The van der Waals surface area contributed by atoms with Crippen molar-refractivity contribution >= 4 is 28.4 Å². The van der Waals surface area contributed by atoms with Gasteiger partial charge in [-0.3, -0.25) is 4.98 Å². The fourth-order valence-electron chi connectivity index (χ4n) is 3.22. The molecule has 0 radical (unpaired) electrons. The highest BCUT2D eigenvalue weighted by atomic mass is 16.5. The number of fused-ring (bicyclic) bond motifs is 1. The first-order valence-electron chi connectivity index (χ1n) is 8.52. The standard InChI is InChI=1S/C19H21N5O/c1-13-11-24(12-14(2)25-13)16-5-3-15(4-6-16)22-18-8-7-17-19(23-18)21-10-9-20-17/h3-10,13-14H,11-12H2,1-2H3,(H,21,22,23). The van der Waals surface area contributed by atoms with Crippen LogP contribution >= 0.6 is 0 Å². The highest BCUT2D eigenvalue weighted by Crippen LogP contribution is 2.24. The van der Waals surface area contributed by atoms with Crippen LogP contribution in [0.4, 0.5) is 17.2 Å². The molecular weight excluding hydrogens is 314 g/mol. The van der Waals surface area contributed by atoms with Crippen molar-refractivity contribution in [2.45, 2.75) is 26.1 Å². The van der Waals surface area contributed by atoms with Crippen LogP contribution in [0.15, 0.2) is 48.8 Å². The Morgan fingerprint density at radius 2 is 1.68 bits per heavy atom. The van der Waals surface area contributed by atoms with Gasteiger partial charge in [-0.1, -0.05) is 0 Å². The first kappa shape index (κ1) is 15.8. The summed E-state index contributed by atoms with van der Waals surface area (Å²) < 4.78 is 5.80. The maximum atomic E-state index is 5.80. The topological polar surface area (TPSA) is 63.2 Å². The molecule has 4 rings (SSSR count). The number of benzene rings is 1. The molecule has 0 aliphatic carbocycles. The van der Waals surface area contributed by atoms with Gasteiger partial charge in [0.25, 0.3) is 0 Å². The number of anilines is 3. The van der Waals surface area contributed by atoms with Crippen molar-refractivity contribution in [2.24, 2.45) is 0 Å². The summed E-state index contributed by atoms with van der Waals surface area (Å²) in [7, 11) is 0. The third kappa shape index (κ3) is 3.53. The fraction of sp³-hybridized carbons (Fsp3) is 0.316. The SMILES string of the molecule is CC1CN(c2ccc(Nc3ccc4nccnc4n3)cc2)CC(C)O1. The maximum Gasteiger partial charge on any atom is 0.180 e. The van der Waals surface area contributed by atoms with Crippen molar-refractivity contribution in [2.75, 3.05) is 23.3 Å². The van der Waals surface area contributed by atoms with E-state index in [1.165, 1.54) is 5.69 Å². The Morgan fingerprint density at radius 1 is 0.960 bits per heavy atom. The quantitative estimate of drug-likeness (QED) is 0.792. The zero-order valence-electron chi connectivity index (χ0n) is 14.4. The number of pyridine rings is 1. The molecule has 6 heteroatoms. The van der Waals surface area contributed by atoms with E-state index >= 15 is 0 Å². The number of hydrogen-bond acceptors (Lipinski definition) is 6. The molecule has 1 aliphatic rings. The van der Waals surface area contributed by atoms with Gasteiger partial charge in [0.1, 0.15) is 11.3 Å². The van der Waals surface area contributed by atoms with E-state index in [-0.39, 0.29) is 12.2 Å². The lowest BCUT2D eigenvalue weighted by Gasteiger charge is -2.36. The number of nitrogens with zero attached hydrogens (tertiary/aromatic N) is 4. The molecule has 1 saturated heterocycles. The van der Waals surface area contributed by atoms with E-state index in [4.69, 9.17) is 4.74 Å². The third-order valence-electron chi connectivity index (χ3n) is 4.26. The van der Waals surface area contributed by atoms with Crippen LogP contribution in [-0.4, -0.2) is 40.2 Å². The lowest BCUT2D eigenvalue weighted by Crippen LogP contribution is -2.45. The van der Waals surface area contributed by atoms with Crippen molar-refractivity contribution in [3.63, 3.8) is 0 Å². The molecule has 1 fully saturated rings. The van der Waals surface area contributed by atoms with Crippen LogP contribution in [0, 0.1) is 0 Å². The van der Waals surface area contributed by atoms with Gasteiger partial charge in [0, 0.05) is 36.9 Å². The molecule has 2 aromatic heterocycles. The van der Waals surface area contributed by atoms with Crippen LogP contribution in [0.1, 0.15) is 13.8 Å². The molecule has 3 heterocycles. The van der Waals surface area contributed by atoms with Crippen molar-refractivity contribution in [1.29, 1.82) is 0 Å². The predicted octanol–water partition coefficient (Wildman–Crippen LogP) is 3.38. The van der Waals surface area contributed by atoms with Gasteiger partial charge in [0.15, 0.2) is 5.65 Å². The van der Waals surface area contributed by atoms with E-state index in [1.807, 2.05) is 12.1 Å². The lowest BCUT2D eigenvalue weighted by molar-refractivity contribution is -0.00521. The Bertz CT molecular complexity index is 857. The first-order chi connectivity index (χ1) is 12.2. The van der Waals surface area contributed by atoms with E-state index in [0.717, 1.165) is 30.1 Å². The Balaban J connectivity index is 1.49. The molecule has 0 spiro atoms. The molecule has 1 N–H and O–H groups in total. The summed E-state index contributed by atoms with van der Waals surface area (Å²) in [6.07, 6.45) is 3.83. The number of rotatable bonds is 3. The molecule has 128 valence electrons. The Labute approximate surface area is 146 Å². The molecule has 25 heavy (non-hydrogen) atoms. The van der Waals surface area contributed by atoms with Gasteiger partial charge in [-0.15, -0.1) is 0 Å². The van der Waals surface area contributed by atoms with Gasteiger partial charge in [0.05, 0.1) is 12.2 Å². The highest BCUT2D eigenvalue weighted by molar-refractivity contribution is 5.73. The minimum atomic E-state index is 0.254. The second-order valence-electron chi connectivity index (χ2n) is 6.43. The second-order valence-corrected chi connectivity index (χ2v) is 6.43. The van der Waals surface area contributed by atoms with Gasteiger partial charge in [-0.2, -0.15) is 0 Å². The van der Waals surface area contributed by atoms with Crippen molar-refractivity contribution in [3.8, 4) is 0 Å². The molecule has 0 amide bonds. The summed E-state index contributed by atoms with van der Waals surface area (Å²) in [5.41, 5.74) is 3.64. The van der Waals surface area contributed by atoms with Gasteiger partial charge >= 0.3 is 0 Å². The number of aromatic nitrogens is 3. The molecule has 1 aliphatic heterocycles. The Morgan fingerprint density at radius 3 is 2.44 bits per heavy atom. The van der Waals surface area contributed by atoms with Crippen LogP contribution in [-0.2, 0) is 4.74 Å². The van der Waals surface area contributed by atoms with Crippen LogP contribution < -0.4 is 10.2 Å². The molecule has 6 nitrogen and oxygen atoms in total. The fourth-order valence-corrected chi connectivity index (χ4v) is 3.22. The largest absolute Gasteiger partial charge is 0.372 e. The number of hydrogen-bond donors (Lipinski definition) is 1. The minimum Gasteiger partial charge on any atom is -0.372 e. The minimum absolute atomic E-state index is 0.254. The second kappa shape index (κ2) is 6.64. The van der Waals surface area contributed by atoms with Gasteiger partial charge in [-0.05, 0) is 50.2 Å². The predicted molar refractivity (Wildman–Crippen MR) is 99.3 cm³/mol. The zero-order valence-corrected chi connectivity index (χ0v) is 14.4. The Hall–Kier alpha value is -2.73. The van der Waals surface area contributed by atoms with Gasteiger partial charge in [-0.25, -0.2) is 9.97 Å². The maximum absolute atomic E-state index is 5.80. The number of ether oxygens (including phenoxy) is 1. The molecule has 3 aromatic rings. The zero-order chi connectivity index (χ0) is 17.2. The average molecular weight is 335 g/mol.